The molecule has 2 amide bonds. The molecule has 1 aromatic carbocycles. The second-order valence-electron chi connectivity index (χ2n) is 4.56. The zero-order chi connectivity index (χ0) is 12.7. The molecule has 0 unspecified atom stereocenters. The van der Waals surface area contributed by atoms with E-state index in [0.717, 1.165) is 17.5 Å². The summed E-state index contributed by atoms with van der Waals surface area (Å²) in [6.45, 7) is 0.604. The molecule has 1 heterocycles. The lowest BCUT2D eigenvalue weighted by atomic mass is 9.87. The van der Waals surface area contributed by atoms with Gasteiger partial charge in [0.2, 0.25) is 0 Å². The molecule has 1 aliphatic heterocycles. The Labute approximate surface area is 105 Å². The van der Waals surface area contributed by atoms with Gasteiger partial charge >= 0.3 is 0 Å². The average Bonchev–Trinajstić information content (AvgIpc) is 2.64. The summed E-state index contributed by atoms with van der Waals surface area (Å²) >= 11 is 0. The smallest absolute Gasteiger partial charge is 0.261 e. The molecule has 4 nitrogen and oxygen atoms in total. The molecular weight excluding hydrogens is 228 g/mol. The molecule has 0 atom stereocenters. The number of amides is 2. The SMILES string of the molecule is NCCN1C(=O)C2=C(C1=O)c1ccccc1CC2. The molecule has 1 aliphatic carbocycles. The van der Waals surface area contributed by atoms with E-state index in [1.807, 2.05) is 24.3 Å². The highest BCUT2D eigenvalue weighted by Gasteiger charge is 2.40. The first-order valence-corrected chi connectivity index (χ1v) is 6.11. The van der Waals surface area contributed by atoms with E-state index in [0.29, 0.717) is 30.7 Å². The minimum Gasteiger partial charge on any atom is -0.329 e. The van der Waals surface area contributed by atoms with E-state index in [9.17, 15) is 9.59 Å². The maximum atomic E-state index is 12.3. The summed E-state index contributed by atoms with van der Waals surface area (Å²) in [7, 11) is 0. The standard InChI is InChI=1S/C14H14N2O2/c15-7-8-16-13(17)11-6-5-9-3-1-2-4-10(9)12(11)14(16)18/h1-4H,5-8,15H2. The van der Waals surface area contributed by atoms with Crippen LogP contribution in [0, 0.1) is 0 Å². The van der Waals surface area contributed by atoms with Gasteiger partial charge in [0.25, 0.3) is 11.8 Å². The quantitative estimate of drug-likeness (QED) is 0.777. The molecule has 18 heavy (non-hydrogen) atoms. The van der Waals surface area contributed by atoms with Gasteiger partial charge in [0.15, 0.2) is 0 Å². The molecule has 0 radical (unpaired) electrons. The van der Waals surface area contributed by atoms with Crippen LogP contribution in [0.2, 0.25) is 0 Å². The number of benzene rings is 1. The van der Waals surface area contributed by atoms with Gasteiger partial charge in [0, 0.05) is 18.7 Å². The van der Waals surface area contributed by atoms with Crippen molar-refractivity contribution < 1.29 is 9.59 Å². The predicted octanol–water partition coefficient (Wildman–Crippen LogP) is 0.714. The first-order valence-electron chi connectivity index (χ1n) is 6.11. The van der Waals surface area contributed by atoms with Crippen LogP contribution in [0.1, 0.15) is 17.5 Å². The maximum Gasteiger partial charge on any atom is 0.261 e. The summed E-state index contributed by atoms with van der Waals surface area (Å²) in [5.41, 5.74) is 8.76. The van der Waals surface area contributed by atoms with Gasteiger partial charge < -0.3 is 5.73 Å². The van der Waals surface area contributed by atoms with Crippen molar-refractivity contribution in [3.8, 4) is 0 Å². The fourth-order valence-electron chi connectivity index (χ4n) is 2.71. The van der Waals surface area contributed by atoms with E-state index >= 15 is 0 Å². The average molecular weight is 242 g/mol. The summed E-state index contributed by atoms with van der Waals surface area (Å²) in [5, 5.41) is 0. The molecule has 0 fully saturated rings. The van der Waals surface area contributed by atoms with Crippen LogP contribution in [0.15, 0.2) is 29.8 Å². The van der Waals surface area contributed by atoms with Crippen molar-refractivity contribution in [3.05, 3.63) is 41.0 Å². The van der Waals surface area contributed by atoms with E-state index in [2.05, 4.69) is 0 Å². The predicted molar refractivity (Wildman–Crippen MR) is 67.5 cm³/mol. The second kappa shape index (κ2) is 4.07. The molecule has 0 bridgehead atoms. The first-order chi connectivity index (χ1) is 8.74. The highest BCUT2D eigenvalue weighted by atomic mass is 16.2. The Bertz CT molecular complexity index is 575. The Kier molecular flexibility index (Phi) is 2.52. The Hall–Kier alpha value is -1.94. The maximum absolute atomic E-state index is 12.3. The molecule has 2 aliphatic rings. The Morgan fingerprint density at radius 1 is 1.11 bits per heavy atom. The molecule has 3 rings (SSSR count). The van der Waals surface area contributed by atoms with Crippen molar-refractivity contribution in [2.75, 3.05) is 13.1 Å². The third kappa shape index (κ3) is 1.42. The Morgan fingerprint density at radius 2 is 1.89 bits per heavy atom. The van der Waals surface area contributed by atoms with Crippen LogP contribution >= 0.6 is 0 Å². The minimum absolute atomic E-state index is 0.157. The van der Waals surface area contributed by atoms with Gasteiger partial charge in [0.05, 0.1) is 5.57 Å². The number of nitrogens with two attached hydrogens (primary N) is 1. The second-order valence-corrected chi connectivity index (χ2v) is 4.56. The Morgan fingerprint density at radius 3 is 2.67 bits per heavy atom. The van der Waals surface area contributed by atoms with Crippen LogP contribution in [0.5, 0.6) is 0 Å². The van der Waals surface area contributed by atoms with Crippen molar-refractivity contribution in [2.45, 2.75) is 12.8 Å². The summed E-state index contributed by atoms with van der Waals surface area (Å²) < 4.78 is 0. The summed E-state index contributed by atoms with van der Waals surface area (Å²) in [6.07, 6.45) is 1.47. The van der Waals surface area contributed by atoms with Gasteiger partial charge in [-0.25, -0.2) is 0 Å². The molecular formula is C14H14N2O2. The van der Waals surface area contributed by atoms with Gasteiger partial charge in [-0.2, -0.15) is 0 Å². The number of aryl methyl sites for hydroxylation is 1. The van der Waals surface area contributed by atoms with E-state index in [1.165, 1.54) is 4.90 Å². The van der Waals surface area contributed by atoms with Crippen LogP contribution in [0.4, 0.5) is 0 Å². The lowest BCUT2D eigenvalue weighted by Crippen LogP contribution is -2.35. The Balaban J connectivity index is 2.10. The number of fused-ring (bicyclic) bond motifs is 2. The molecule has 1 aromatic rings. The van der Waals surface area contributed by atoms with Crippen LogP contribution in [0.3, 0.4) is 0 Å². The van der Waals surface area contributed by atoms with Crippen molar-refractivity contribution in [1.29, 1.82) is 0 Å². The number of rotatable bonds is 2. The topological polar surface area (TPSA) is 63.4 Å². The third-order valence-corrected chi connectivity index (χ3v) is 3.55. The number of hydrogen-bond acceptors (Lipinski definition) is 3. The van der Waals surface area contributed by atoms with Crippen molar-refractivity contribution in [3.63, 3.8) is 0 Å². The number of hydrogen-bond donors (Lipinski definition) is 1. The largest absolute Gasteiger partial charge is 0.329 e. The summed E-state index contributed by atoms with van der Waals surface area (Å²) in [6, 6.07) is 7.80. The normalized spacial score (nSPS) is 18.2. The fraction of sp³-hybridized carbons (Fsp3) is 0.286. The van der Waals surface area contributed by atoms with Gasteiger partial charge in [-0.15, -0.1) is 0 Å². The van der Waals surface area contributed by atoms with Crippen molar-refractivity contribution in [1.82, 2.24) is 4.90 Å². The molecule has 0 saturated heterocycles. The number of nitrogens with zero attached hydrogens (tertiary/aromatic N) is 1. The first kappa shape index (κ1) is 11.2. The van der Waals surface area contributed by atoms with Crippen LogP contribution in [-0.4, -0.2) is 29.8 Å². The number of imide groups is 1. The molecule has 92 valence electrons. The van der Waals surface area contributed by atoms with Crippen molar-refractivity contribution >= 4 is 17.4 Å². The lowest BCUT2D eigenvalue weighted by Gasteiger charge is -2.15. The zero-order valence-corrected chi connectivity index (χ0v) is 9.98. The van der Waals surface area contributed by atoms with E-state index in [-0.39, 0.29) is 11.8 Å². The van der Waals surface area contributed by atoms with Crippen LogP contribution < -0.4 is 5.73 Å². The monoisotopic (exact) mass is 242 g/mol. The van der Waals surface area contributed by atoms with Crippen LogP contribution in [-0.2, 0) is 16.0 Å². The van der Waals surface area contributed by atoms with Crippen molar-refractivity contribution in [2.24, 2.45) is 5.73 Å². The summed E-state index contributed by atoms with van der Waals surface area (Å²) in [4.78, 5) is 25.7. The fourth-order valence-corrected chi connectivity index (χ4v) is 2.71. The zero-order valence-electron chi connectivity index (χ0n) is 9.98. The van der Waals surface area contributed by atoms with Gasteiger partial charge in [-0.3, -0.25) is 14.5 Å². The third-order valence-electron chi connectivity index (χ3n) is 3.55. The molecule has 2 N–H and O–H groups in total. The van der Waals surface area contributed by atoms with E-state index in [1.54, 1.807) is 0 Å². The lowest BCUT2D eigenvalue weighted by molar-refractivity contribution is -0.136. The molecule has 0 saturated carbocycles. The number of carbonyl (C=O) groups excluding carboxylic acids is 2. The van der Waals surface area contributed by atoms with Gasteiger partial charge in [-0.1, -0.05) is 24.3 Å². The minimum atomic E-state index is -0.187. The highest BCUT2D eigenvalue weighted by Crippen LogP contribution is 2.37. The molecule has 0 spiro atoms. The molecule has 0 aromatic heterocycles. The highest BCUT2D eigenvalue weighted by molar-refractivity contribution is 6.36. The van der Waals surface area contributed by atoms with Crippen LogP contribution in [0.25, 0.3) is 5.57 Å². The van der Waals surface area contributed by atoms with Gasteiger partial charge in [0.1, 0.15) is 0 Å². The van der Waals surface area contributed by atoms with E-state index in [4.69, 9.17) is 5.73 Å². The number of carbonyl (C=O) groups is 2. The summed E-state index contributed by atoms with van der Waals surface area (Å²) in [5.74, 6) is -0.345. The van der Waals surface area contributed by atoms with Gasteiger partial charge in [-0.05, 0) is 24.0 Å². The van der Waals surface area contributed by atoms with E-state index < -0.39 is 0 Å². The molecule has 4 heteroatoms.